The van der Waals surface area contributed by atoms with Gasteiger partial charge in [-0.1, -0.05) is 0 Å². The first kappa shape index (κ1) is 29.7. The van der Waals surface area contributed by atoms with Crippen molar-refractivity contribution >= 4 is 33.6 Å². The van der Waals surface area contributed by atoms with Crippen molar-refractivity contribution < 1.29 is 27.5 Å². The number of amides is 2. The topological polar surface area (TPSA) is 178 Å². The highest BCUT2D eigenvalue weighted by atomic mass is 32.2. The van der Waals surface area contributed by atoms with Crippen molar-refractivity contribution in [2.75, 3.05) is 49.2 Å². The second-order valence-electron chi connectivity index (χ2n) is 9.23. The van der Waals surface area contributed by atoms with Crippen LogP contribution >= 0.6 is 0 Å². The third-order valence-corrected chi connectivity index (χ3v) is 7.90. The van der Waals surface area contributed by atoms with Crippen molar-refractivity contribution in [2.24, 2.45) is 0 Å². The van der Waals surface area contributed by atoms with Crippen LogP contribution in [0, 0.1) is 0 Å². The zero-order valence-corrected chi connectivity index (χ0v) is 23.8. The fourth-order valence-corrected chi connectivity index (χ4v) is 4.92. The average molecular weight is 585 g/mol. The summed E-state index contributed by atoms with van der Waals surface area (Å²) in [6, 6.07) is 4.98. The molecular formula is C26H32N8O6S. The number of piperidine rings is 1. The van der Waals surface area contributed by atoms with E-state index in [1.54, 1.807) is 35.5 Å². The van der Waals surface area contributed by atoms with Gasteiger partial charge in [0.1, 0.15) is 12.4 Å². The molecular weight excluding hydrogens is 552 g/mol. The molecule has 0 atom stereocenters. The monoisotopic (exact) mass is 584 g/mol. The SMILES string of the molecule is CCOc1cncc(-c2ccc(NC(=O)C3(c4ccnc(NS(=O)(=O)CC)n4)CCN(C(=O)COC)CC3)nc2)n1. The summed E-state index contributed by atoms with van der Waals surface area (Å²) in [4.78, 5) is 49.3. The number of hydrogen-bond acceptors (Lipinski definition) is 11. The molecule has 3 aromatic heterocycles. The Morgan fingerprint density at radius 2 is 1.83 bits per heavy atom. The molecule has 4 rings (SSSR count). The predicted molar refractivity (Wildman–Crippen MR) is 150 cm³/mol. The van der Waals surface area contributed by atoms with E-state index in [0.29, 0.717) is 35.3 Å². The van der Waals surface area contributed by atoms with Crippen LogP contribution in [0.1, 0.15) is 32.4 Å². The van der Waals surface area contributed by atoms with Gasteiger partial charge in [-0.3, -0.25) is 19.3 Å². The Balaban J connectivity index is 1.60. The van der Waals surface area contributed by atoms with Gasteiger partial charge in [-0.05, 0) is 44.9 Å². The molecule has 0 unspecified atom stereocenters. The van der Waals surface area contributed by atoms with Gasteiger partial charge in [-0.25, -0.2) is 28.4 Å². The number of pyridine rings is 1. The van der Waals surface area contributed by atoms with E-state index in [9.17, 15) is 18.0 Å². The van der Waals surface area contributed by atoms with Crippen LogP contribution in [0.5, 0.6) is 5.88 Å². The lowest BCUT2D eigenvalue weighted by molar-refractivity contribution is -0.138. The van der Waals surface area contributed by atoms with E-state index in [2.05, 4.69) is 35.0 Å². The van der Waals surface area contributed by atoms with Crippen LogP contribution in [0.25, 0.3) is 11.3 Å². The first-order chi connectivity index (χ1) is 19.7. The lowest BCUT2D eigenvalue weighted by atomic mass is 9.74. The highest BCUT2D eigenvalue weighted by Crippen LogP contribution is 2.36. The van der Waals surface area contributed by atoms with Crippen molar-refractivity contribution in [1.29, 1.82) is 0 Å². The summed E-state index contributed by atoms with van der Waals surface area (Å²) in [5.74, 6) is -0.179. The summed E-state index contributed by atoms with van der Waals surface area (Å²) in [5, 5.41) is 2.87. The molecule has 1 aliphatic heterocycles. The lowest BCUT2D eigenvalue weighted by Crippen LogP contribution is -2.52. The number of likely N-dealkylation sites (tertiary alicyclic amines) is 1. The largest absolute Gasteiger partial charge is 0.477 e. The molecule has 0 aliphatic carbocycles. The number of rotatable bonds is 11. The summed E-state index contributed by atoms with van der Waals surface area (Å²) >= 11 is 0. The zero-order valence-electron chi connectivity index (χ0n) is 23.0. The minimum absolute atomic E-state index is 0.0657. The average Bonchev–Trinajstić information content (AvgIpc) is 2.98. The van der Waals surface area contributed by atoms with Gasteiger partial charge >= 0.3 is 0 Å². The molecule has 218 valence electrons. The van der Waals surface area contributed by atoms with Crippen molar-refractivity contribution in [1.82, 2.24) is 29.8 Å². The van der Waals surface area contributed by atoms with Crippen LogP contribution in [0.2, 0.25) is 0 Å². The summed E-state index contributed by atoms with van der Waals surface area (Å²) < 4.78 is 37.0. The Kier molecular flexibility index (Phi) is 9.39. The molecule has 0 radical (unpaired) electrons. The Morgan fingerprint density at radius 1 is 1.05 bits per heavy atom. The third-order valence-electron chi connectivity index (χ3n) is 6.65. The lowest BCUT2D eigenvalue weighted by Gasteiger charge is -2.40. The van der Waals surface area contributed by atoms with E-state index in [1.807, 2.05) is 6.92 Å². The Bertz CT molecular complexity index is 1480. The molecule has 0 aromatic carbocycles. The smallest absolute Gasteiger partial charge is 0.248 e. The summed E-state index contributed by atoms with van der Waals surface area (Å²) in [7, 11) is -2.19. The number of carbonyl (C=O) groups is 2. The Labute approximate surface area is 238 Å². The van der Waals surface area contributed by atoms with Crippen molar-refractivity contribution in [3.8, 4) is 17.1 Å². The van der Waals surface area contributed by atoms with Gasteiger partial charge in [0.05, 0.1) is 41.6 Å². The minimum atomic E-state index is -3.64. The number of nitrogens with zero attached hydrogens (tertiary/aromatic N) is 6. The van der Waals surface area contributed by atoms with Gasteiger partial charge in [0.25, 0.3) is 0 Å². The van der Waals surface area contributed by atoms with Gasteiger partial charge in [0.15, 0.2) is 0 Å². The third kappa shape index (κ3) is 7.10. The molecule has 0 bridgehead atoms. The van der Waals surface area contributed by atoms with Gasteiger partial charge in [-0.15, -0.1) is 0 Å². The molecule has 0 spiro atoms. The van der Waals surface area contributed by atoms with Crippen LogP contribution in [-0.4, -0.2) is 89.2 Å². The number of anilines is 2. The van der Waals surface area contributed by atoms with Crippen LogP contribution in [0.4, 0.5) is 11.8 Å². The number of nitrogens with one attached hydrogen (secondary N) is 2. The van der Waals surface area contributed by atoms with Crippen LogP contribution < -0.4 is 14.8 Å². The second kappa shape index (κ2) is 13.0. The number of sulfonamides is 1. The fourth-order valence-electron chi connectivity index (χ4n) is 4.40. The maximum Gasteiger partial charge on any atom is 0.248 e. The van der Waals surface area contributed by atoms with E-state index >= 15 is 0 Å². The molecule has 3 aromatic rings. The van der Waals surface area contributed by atoms with E-state index in [4.69, 9.17) is 9.47 Å². The molecule has 2 N–H and O–H groups in total. The quantitative estimate of drug-likeness (QED) is 0.335. The van der Waals surface area contributed by atoms with Gasteiger partial charge in [0, 0.05) is 38.2 Å². The summed E-state index contributed by atoms with van der Waals surface area (Å²) in [6.45, 7) is 4.29. The van der Waals surface area contributed by atoms with E-state index in [0.717, 1.165) is 0 Å². The Hall–Kier alpha value is -4.24. The number of carbonyl (C=O) groups excluding carboxylic acids is 2. The van der Waals surface area contributed by atoms with Crippen LogP contribution in [0.3, 0.4) is 0 Å². The maximum absolute atomic E-state index is 13.9. The van der Waals surface area contributed by atoms with Gasteiger partial charge in [-0.2, -0.15) is 0 Å². The van der Waals surface area contributed by atoms with Crippen molar-refractivity contribution in [3.63, 3.8) is 0 Å². The molecule has 41 heavy (non-hydrogen) atoms. The zero-order chi connectivity index (χ0) is 29.5. The molecule has 1 saturated heterocycles. The van der Waals surface area contributed by atoms with Crippen LogP contribution in [0.15, 0.2) is 43.0 Å². The molecule has 2 amide bonds. The number of hydrogen-bond donors (Lipinski definition) is 2. The number of aromatic nitrogens is 5. The first-order valence-electron chi connectivity index (χ1n) is 13.0. The van der Waals surface area contributed by atoms with Gasteiger partial charge < -0.3 is 19.7 Å². The summed E-state index contributed by atoms with van der Waals surface area (Å²) in [6.07, 6.45) is 6.56. The minimum Gasteiger partial charge on any atom is -0.477 e. The standard InChI is InChI=1S/C26H32N8O6S/c1-4-40-22-16-27-15-19(30-22)18-6-7-21(29-14-18)32-24(36)26(9-12-34(13-10-26)23(35)17-39-3)20-8-11-28-25(31-20)33-41(37,38)5-2/h6-8,11,14-16H,4-5,9-10,12-13,17H2,1-3H3,(H,28,31,33)(H,29,32,36). The molecule has 0 saturated carbocycles. The molecule has 1 aliphatic rings. The van der Waals surface area contributed by atoms with E-state index in [1.165, 1.54) is 26.4 Å². The van der Waals surface area contributed by atoms with E-state index < -0.39 is 21.3 Å². The number of methoxy groups -OCH3 is 1. The molecule has 4 heterocycles. The second-order valence-corrected chi connectivity index (χ2v) is 11.2. The first-order valence-corrected chi connectivity index (χ1v) is 14.7. The fraction of sp³-hybridized carbons (Fsp3) is 0.423. The highest BCUT2D eigenvalue weighted by molar-refractivity contribution is 7.92. The van der Waals surface area contributed by atoms with E-state index in [-0.39, 0.29) is 50.1 Å². The molecule has 1 fully saturated rings. The van der Waals surface area contributed by atoms with Gasteiger partial charge in [0.2, 0.25) is 33.7 Å². The number of ether oxygens (including phenoxy) is 2. The molecule has 15 heteroatoms. The Morgan fingerprint density at radius 3 is 2.49 bits per heavy atom. The van der Waals surface area contributed by atoms with Crippen molar-refractivity contribution in [2.45, 2.75) is 32.1 Å². The van der Waals surface area contributed by atoms with Crippen molar-refractivity contribution in [3.05, 3.63) is 48.7 Å². The molecule has 14 nitrogen and oxygen atoms in total. The normalized spacial score (nSPS) is 14.8. The summed E-state index contributed by atoms with van der Waals surface area (Å²) in [5.41, 5.74) is 0.392. The highest BCUT2D eigenvalue weighted by Gasteiger charge is 2.45. The maximum atomic E-state index is 13.9. The predicted octanol–water partition coefficient (Wildman–Crippen LogP) is 1.63. The van der Waals surface area contributed by atoms with Crippen LogP contribution in [-0.2, 0) is 29.8 Å².